The summed E-state index contributed by atoms with van der Waals surface area (Å²) in [6, 6.07) is 5.08. The molecule has 7 heteroatoms. The van der Waals surface area contributed by atoms with Crippen LogP contribution in [0.4, 0.5) is 0 Å². The molecule has 1 aromatic rings. The van der Waals surface area contributed by atoms with E-state index in [9.17, 15) is 9.59 Å². The lowest BCUT2D eigenvalue weighted by Gasteiger charge is -2.11. The fraction of sp³-hybridized carbons (Fsp3) is 0.267. The Morgan fingerprint density at radius 1 is 1.41 bits per heavy atom. The van der Waals surface area contributed by atoms with Gasteiger partial charge in [0.05, 0.1) is 22.1 Å². The molecular weight excluding hydrogens is 324 g/mol. The third-order valence-corrected chi connectivity index (χ3v) is 4.05. The molecule has 116 valence electrons. The van der Waals surface area contributed by atoms with E-state index in [2.05, 4.69) is 0 Å². The van der Waals surface area contributed by atoms with Crippen molar-refractivity contribution in [3.05, 3.63) is 28.7 Å². The number of thioether (sulfide) groups is 1. The molecule has 1 aromatic carbocycles. The van der Waals surface area contributed by atoms with Gasteiger partial charge in [-0.05, 0) is 30.7 Å². The van der Waals surface area contributed by atoms with Crippen LogP contribution in [0.1, 0.15) is 18.9 Å². The summed E-state index contributed by atoms with van der Waals surface area (Å²) in [4.78, 5) is 22.9. The maximum Gasteiger partial charge on any atom is 0.341 e. The molecule has 0 spiro atoms. The Hall–Kier alpha value is -1.86. The van der Waals surface area contributed by atoms with Gasteiger partial charge in [0.2, 0.25) is 0 Å². The summed E-state index contributed by atoms with van der Waals surface area (Å²) in [6.07, 6.45) is 2.04. The minimum absolute atomic E-state index is 0.0131. The minimum Gasteiger partial charge on any atom is -0.490 e. The van der Waals surface area contributed by atoms with Crippen LogP contribution in [0.5, 0.6) is 11.5 Å². The number of carboxylic acids is 1. The SMILES string of the molecule is CCOc1cc(/C=C2\SC(=S)CC2=O)ccc1OCC(=O)O. The predicted molar refractivity (Wildman–Crippen MR) is 88.5 cm³/mol. The Bertz CT molecular complexity index is 651. The molecule has 0 aliphatic carbocycles. The van der Waals surface area contributed by atoms with Crippen LogP contribution < -0.4 is 9.47 Å². The number of rotatable bonds is 6. The average Bonchev–Trinajstić information content (AvgIpc) is 2.76. The normalized spacial score (nSPS) is 16.1. The van der Waals surface area contributed by atoms with Crippen LogP contribution in [0.25, 0.3) is 6.08 Å². The van der Waals surface area contributed by atoms with Crippen molar-refractivity contribution in [2.24, 2.45) is 0 Å². The van der Waals surface area contributed by atoms with Crippen LogP contribution in [0.2, 0.25) is 0 Å². The molecule has 0 aromatic heterocycles. The fourth-order valence-corrected chi connectivity index (χ4v) is 3.07. The van der Waals surface area contributed by atoms with Gasteiger partial charge in [0.25, 0.3) is 0 Å². The van der Waals surface area contributed by atoms with Crippen molar-refractivity contribution >= 4 is 46.0 Å². The van der Waals surface area contributed by atoms with E-state index < -0.39 is 12.6 Å². The summed E-state index contributed by atoms with van der Waals surface area (Å²) in [5.41, 5.74) is 0.770. The van der Waals surface area contributed by atoms with E-state index in [0.717, 1.165) is 5.56 Å². The number of ketones is 1. The van der Waals surface area contributed by atoms with Gasteiger partial charge in [-0.15, -0.1) is 0 Å². The van der Waals surface area contributed by atoms with Crippen LogP contribution in [-0.4, -0.2) is 34.3 Å². The van der Waals surface area contributed by atoms with E-state index in [-0.39, 0.29) is 5.78 Å². The zero-order valence-corrected chi connectivity index (χ0v) is 13.5. The van der Waals surface area contributed by atoms with Crippen molar-refractivity contribution in [3.63, 3.8) is 0 Å². The first-order chi connectivity index (χ1) is 10.5. The van der Waals surface area contributed by atoms with Gasteiger partial charge in [0.15, 0.2) is 23.9 Å². The second-order valence-corrected chi connectivity index (χ2v) is 6.29. The van der Waals surface area contributed by atoms with Crippen molar-refractivity contribution in [2.75, 3.05) is 13.2 Å². The monoisotopic (exact) mass is 338 g/mol. The number of hydrogen-bond acceptors (Lipinski definition) is 6. The molecule has 1 saturated heterocycles. The van der Waals surface area contributed by atoms with Crippen molar-refractivity contribution in [3.8, 4) is 11.5 Å². The molecule has 2 rings (SSSR count). The summed E-state index contributed by atoms with van der Waals surface area (Å²) in [7, 11) is 0. The number of benzene rings is 1. The topological polar surface area (TPSA) is 72.8 Å². The molecule has 1 fully saturated rings. The number of carbonyl (C=O) groups excluding carboxylic acids is 1. The Kier molecular flexibility index (Phi) is 5.57. The van der Waals surface area contributed by atoms with Gasteiger partial charge < -0.3 is 14.6 Å². The molecule has 1 N–H and O–H groups in total. The Morgan fingerprint density at radius 2 is 2.18 bits per heavy atom. The number of thiocarbonyl (C=S) groups is 1. The number of allylic oxidation sites excluding steroid dienone is 1. The van der Waals surface area contributed by atoms with Crippen LogP contribution in [-0.2, 0) is 9.59 Å². The zero-order valence-electron chi connectivity index (χ0n) is 11.8. The van der Waals surface area contributed by atoms with Gasteiger partial charge in [-0.2, -0.15) is 0 Å². The smallest absolute Gasteiger partial charge is 0.341 e. The number of Topliss-reactive ketones (excluding diaryl/α,β-unsaturated/α-hetero) is 1. The molecule has 22 heavy (non-hydrogen) atoms. The number of ether oxygens (including phenoxy) is 2. The van der Waals surface area contributed by atoms with Gasteiger partial charge in [-0.1, -0.05) is 30.0 Å². The summed E-state index contributed by atoms with van der Waals surface area (Å²) in [5, 5.41) is 8.67. The highest BCUT2D eigenvalue weighted by Crippen LogP contribution is 2.34. The fourth-order valence-electron chi connectivity index (χ4n) is 1.84. The summed E-state index contributed by atoms with van der Waals surface area (Å²) in [5.74, 6) is -0.252. The third kappa shape index (κ3) is 4.32. The maximum atomic E-state index is 11.7. The Morgan fingerprint density at radius 3 is 2.77 bits per heavy atom. The highest BCUT2D eigenvalue weighted by Gasteiger charge is 2.22. The van der Waals surface area contributed by atoms with Crippen LogP contribution in [0.3, 0.4) is 0 Å². The molecule has 0 saturated carbocycles. The average molecular weight is 338 g/mol. The van der Waals surface area contributed by atoms with Crippen LogP contribution >= 0.6 is 24.0 Å². The molecule has 0 amide bonds. The molecule has 0 bridgehead atoms. The summed E-state index contributed by atoms with van der Waals surface area (Å²) >= 11 is 6.34. The van der Waals surface area contributed by atoms with Crippen molar-refractivity contribution in [1.82, 2.24) is 0 Å². The van der Waals surface area contributed by atoms with Crippen molar-refractivity contribution < 1.29 is 24.2 Å². The largest absolute Gasteiger partial charge is 0.490 e. The molecule has 5 nitrogen and oxygen atoms in total. The van der Waals surface area contributed by atoms with Crippen LogP contribution in [0.15, 0.2) is 23.1 Å². The number of hydrogen-bond donors (Lipinski definition) is 1. The van der Waals surface area contributed by atoms with Gasteiger partial charge in [0.1, 0.15) is 0 Å². The molecule has 1 aliphatic heterocycles. The molecule has 0 atom stereocenters. The van der Waals surface area contributed by atoms with Gasteiger partial charge >= 0.3 is 5.97 Å². The van der Waals surface area contributed by atoms with Gasteiger partial charge in [-0.25, -0.2) is 4.79 Å². The van der Waals surface area contributed by atoms with Crippen molar-refractivity contribution in [1.29, 1.82) is 0 Å². The van der Waals surface area contributed by atoms with E-state index >= 15 is 0 Å². The second kappa shape index (κ2) is 7.42. The Balaban J connectivity index is 2.25. The second-order valence-electron chi connectivity index (χ2n) is 4.40. The van der Waals surface area contributed by atoms with Crippen LogP contribution in [0, 0.1) is 0 Å². The zero-order chi connectivity index (χ0) is 16.1. The number of carboxylic acid groups (broad SMARTS) is 1. The highest BCUT2D eigenvalue weighted by molar-refractivity contribution is 8.27. The highest BCUT2D eigenvalue weighted by atomic mass is 32.2. The molecule has 1 aliphatic rings. The summed E-state index contributed by atoms with van der Waals surface area (Å²) < 4.78 is 11.3. The van der Waals surface area contributed by atoms with Crippen molar-refractivity contribution in [2.45, 2.75) is 13.3 Å². The standard InChI is InChI=1S/C15H14O5S2/c1-2-19-12-5-9(3-4-11(12)20-8-14(17)18)6-13-10(16)7-15(21)22-13/h3-6H,2,7-8H2,1H3,(H,17,18)/b13-6-. The first-order valence-corrected chi connectivity index (χ1v) is 7.79. The van der Waals surface area contributed by atoms with Gasteiger partial charge in [-0.3, -0.25) is 4.79 Å². The number of carbonyl (C=O) groups is 2. The molecule has 0 radical (unpaired) electrons. The van der Waals surface area contributed by atoms with Gasteiger partial charge in [0, 0.05) is 0 Å². The number of aliphatic carboxylic acids is 1. The van der Waals surface area contributed by atoms with E-state index in [1.165, 1.54) is 11.8 Å². The molecular formula is C15H14O5S2. The predicted octanol–water partition coefficient (Wildman–Crippen LogP) is 2.92. The first-order valence-electron chi connectivity index (χ1n) is 6.56. The quantitative estimate of drug-likeness (QED) is 0.631. The van der Waals surface area contributed by atoms with E-state index in [1.54, 1.807) is 24.3 Å². The van der Waals surface area contributed by atoms with E-state index in [1.807, 2.05) is 6.92 Å². The molecule has 1 heterocycles. The van der Waals surface area contributed by atoms with E-state index in [0.29, 0.717) is 33.6 Å². The lowest BCUT2D eigenvalue weighted by Crippen LogP contribution is -2.10. The lowest BCUT2D eigenvalue weighted by atomic mass is 10.1. The lowest BCUT2D eigenvalue weighted by molar-refractivity contribution is -0.139. The first kappa shape index (κ1) is 16.5. The minimum atomic E-state index is -1.06. The third-order valence-electron chi connectivity index (χ3n) is 2.72. The van der Waals surface area contributed by atoms with E-state index in [4.69, 9.17) is 26.8 Å². The maximum absolute atomic E-state index is 11.7. The molecule has 0 unspecified atom stereocenters. The Labute approximate surface area is 137 Å². The summed E-state index contributed by atoms with van der Waals surface area (Å²) in [6.45, 7) is 1.80.